The maximum atomic E-state index is 12.8. The summed E-state index contributed by atoms with van der Waals surface area (Å²) in [6, 6.07) is 13.9. The molecule has 0 aliphatic rings. The zero-order valence-electron chi connectivity index (χ0n) is 13.9. The number of alkyl halides is 3. The summed E-state index contributed by atoms with van der Waals surface area (Å²) in [6.45, 7) is 0.238. The third-order valence-electron chi connectivity index (χ3n) is 3.86. The number of carbonyl (C=O) groups is 1. The Hall–Kier alpha value is -3.09. The summed E-state index contributed by atoms with van der Waals surface area (Å²) in [7, 11) is 1.54. The minimum absolute atomic E-state index is 0.00206. The van der Waals surface area contributed by atoms with E-state index in [2.05, 4.69) is 5.10 Å². The second-order valence-electron chi connectivity index (χ2n) is 5.87. The van der Waals surface area contributed by atoms with Crippen LogP contribution >= 0.6 is 0 Å². The summed E-state index contributed by atoms with van der Waals surface area (Å²) in [5, 5.41) is 4.25. The van der Waals surface area contributed by atoms with Crippen molar-refractivity contribution in [2.24, 2.45) is 0 Å². The van der Waals surface area contributed by atoms with Crippen LogP contribution in [0.1, 0.15) is 21.5 Å². The van der Waals surface area contributed by atoms with Crippen LogP contribution in [0.2, 0.25) is 0 Å². The van der Waals surface area contributed by atoms with E-state index in [9.17, 15) is 18.0 Å². The van der Waals surface area contributed by atoms with Crippen molar-refractivity contribution >= 4 is 5.91 Å². The average molecular weight is 359 g/mol. The minimum atomic E-state index is -4.48. The highest BCUT2D eigenvalue weighted by molar-refractivity contribution is 5.94. The predicted octanol–water partition coefficient (Wildman–Crippen LogP) is 4.16. The topological polar surface area (TPSA) is 38.1 Å². The van der Waals surface area contributed by atoms with Crippen molar-refractivity contribution in [1.82, 2.24) is 14.7 Å². The molecule has 0 fully saturated rings. The summed E-state index contributed by atoms with van der Waals surface area (Å²) in [4.78, 5) is 13.8. The highest BCUT2D eigenvalue weighted by Gasteiger charge is 2.31. The number of hydrogen-bond acceptors (Lipinski definition) is 2. The molecule has 0 saturated heterocycles. The second kappa shape index (κ2) is 7.03. The fourth-order valence-corrected chi connectivity index (χ4v) is 2.56. The molecule has 4 nitrogen and oxygen atoms in total. The van der Waals surface area contributed by atoms with E-state index in [1.807, 2.05) is 30.3 Å². The van der Waals surface area contributed by atoms with E-state index in [0.717, 1.165) is 23.4 Å². The summed E-state index contributed by atoms with van der Waals surface area (Å²) in [6.07, 6.45) is -1.07. The maximum Gasteiger partial charge on any atom is 0.416 e. The fourth-order valence-electron chi connectivity index (χ4n) is 2.56. The van der Waals surface area contributed by atoms with Crippen molar-refractivity contribution in [3.05, 3.63) is 83.7 Å². The molecule has 0 unspecified atom stereocenters. The van der Waals surface area contributed by atoms with Crippen molar-refractivity contribution in [3.8, 4) is 5.69 Å². The molecule has 0 bridgehead atoms. The van der Waals surface area contributed by atoms with E-state index in [0.29, 0.717) is 0 Å². The Morgan fingerprint density at radius 3 is 2.54 bits per heavy atom. The fraction of sp³-hybridized carbons (Fsp3) is 0.158. The van der Waals surface area contributed by atoms with E-state index < -0.39 is 17.6 Å². The summed E-state index contributed by atoms with van der Waals surface area (Å²) in [5.74, 6) is -0.483. The van der Waals surface area contributed by atoms with Crippen molar-refractivity contribution in [2.45, 2.75) is 12.7 Å². The lowest BCUT2D eigenvalue weighted by Crippen LogP contribution is -2.26. The Kier molecular flexibility index (Phi) is 4.79. The molecule has 0 N–H and O–H groups in total. The highest BCUT2D eigenvalue weighted by atomic mass is 19.4. The number of para-hydroxylation sites is 1. The van der Waals surface area contributed by atoms with E-state index in [1.165, 1.54) is 17.0 Å². The number of carbonyl (C=O) groups excluding carboxylic acids is 1. The Morgan fingerprint density at radius 1 is 1.12 bits per heavy atom. The molecule has 2 aromatic carbocycles. The molecule has 134 valence electrons. The Balaban J connectivity index is 1.73. The Morgan fingerprint density at radius 2 is 1.85 bits per heavy atom. The van der Waals surface area contributed by atoms with Crippen LogP contribution in [-0.2, 0) is 12.7 Å². The smallest absolute Gasteiger partial charge is 0.337 e. The maximum absolute atomic E-state index is 12.8. The van der Waals surface area contributed by atoms with Gasteiger partial charge < -0.3 is 4.90 Å². The van der Waals surface area contributed by atoms with Crippen LogP contribution in [0, 0.1) is 0 Å². The zero-order valence-corrected chi connectivity index (χ0v) is 13.9. The Bertz CT molecular complexity index is 904. The molecule has 3 rings (SSSR count). The first-order chi connectivity index (χ1) is 12.3. The number of rotatable bonds is 4. The molecule has 7 heteroatoms. The van der Waals surface area contributed by atoms with Gasteiger partial charge in [0.05, 0.1) is 17.4 Å². The van der Waals surface area contributed by atoms with Gasteiger partial charge in [0.2, 0.25) is 0 Å². The molecule has 0 aliphatic heterocycles. The molecular formula is C19H16F3N3O. The predicted molar refractivity (Wildman–Crippen MR) is 90.8 cm³/mol. The first-order valence-corrected chi connectivity index (χ1v) is 7.86. The quantitative estimate of drug-likeness (QED) is 0.701. The summed E-state index contributed by atoms with van der Waals surface area (Å²) < 4.78 is 40.1. The van der Waals surface area contributed by atoms with E-state index in [-0.39, 0.29) is 12.1 Å². The van der Waals surface area contributed by atoms with E-state index >= 15 is 0 Å². The standard InChI is InChI=1S/C19H16F3N3O/c1-24(18(26)15-6-5-7-16(10-15)19(20,21)22)12-14-11-23-25(13-14)17-8-3-2-4-9-17/h2-11,13H,12H2,1H3. The number of nitrogens with zero attached hydrogens (tertiary/aromatic N) is 3. The van der Waals surface area contributed by atoms with Crippen LogP contribution in [0.4, 0.5) is 13.2 Å². The average Bonchev–Trinajstić information content (AvgIpc) is 3.09. The molecule has 0 atom stereocenters. The van der Waals surface area contributed by atoms with Crippen LogP contribution < -0.4 is 0 Å². The molecule has 26 heavy (non-hydrogen) atoms. The van der Waals surface area contributed by atoms with Gasteiger partial charge in [-0.15, -0.1) is 0 Å². The van der Waals surface area contributed by atoms with Gasteiger partial charge in [-0.1, -0.05) is 24.3 Å². The third kappa shape index (κ3) is 3.93. The number of amides is 1. The van der Waals surface area contributed by atoms with Gasteiger partial charge in [0.25, 0.3) is 5.91 Å². The second-order valence-corrected chi connectivity index (χ2v) is 5.87. The van der Waals surface area contributed by atoms with Crippen LogP contribution in [0.15, 0.2) is 67.0 Å². The lowest BCUT2D eigenvalue weighted by Gasteiger charge is -2.17. The molecule has 1 amide bonds. The van der Waals surface area contributed by atoms with Gasteiger partial charge in [-0.3, -0.25) is 4.79 Å². The van der Waals surface area contributed by atoms with Gasteiger partial charge >= 0.3 is 6.18 Å². The normalized spacial score (nSPS) is 11.4. The number of hydrogen-bond donors (Lipinski definition) is 0. The van der Waals surface area contributed by atoms with Crippen molar-refractivity contribution in [3.63, 3.8) is 0 Å². The first kappa shape index (κ1) is 17.7. The number of benzene rings is 2. The van der Waals surface area contributed by atoms with Crippen molar-refractivity contribution < 1.29 is 18.0 Å². The molecule has 3 aromatic rings. The van der Waals surface area contributed by atoms with Gasteiger partial charge in [-0.25, -0.2) is 4.68 Å². The van der Waals surface area contributed by atoms with Crippen LogP contribution in [0.3, 0.4) is 0 Å². The first-order valence-electron chi connectivity index (χ1n) is 7.86. The van der Waals surface area contributed by atoms with Crippen molar-refractivity contribution in [1.29, 1.82) is 0 Å². The Labute approximate surface area is 148 Å². The summed E-state index contributed by atoms with van der Waals surface area (Å²) >= 11 is 0. The third-order valence-corrected chi connectivity index (χ3v) is 3.86. The van der Waals surface area contributed by atoms with Crippen LogP contribution in [-0.4, -0.2) is 27.6 Å². The van der Waals surface area contributed by atoms with E-state index in [4.69, 9.17) is 0 Å². The van der Waals surface area contributed by atoms with Crippen LogP contribution in [0.25, 0.3) is 5.69 Å². The van der Waals surface area contributed by atoms with Gasteiger partial charge in [-0.05, 0) is 30.3 Å². The molecule has 0 aliphatic carbocycles. The molecule has 0 saturated carbocycles. The monoisotopic (exact) mass is 359 g/mol. The van der Waals surface area contributed by atoms with E-state index in [1.54, 1.807) is 24.1 Å². The van der Waals surface area contributed by atoms with Crippen LogP contribution in [0.5, 0.6) is 0 Å². The van der Waals surface area contributed by atoms with Gasteiger partial charge in [0.1, 0.15) is 0 Å². The molecule has 0 spiro atoms. The van der Waals surface area contributed by atoms with Gasteiger partial charge in [0, 0.05) is 30.9 Å². The highest BCUT2D eigenvalue weighted by Crippen LogP contribution is 2.29. The largest absolute Gasteiger partial charge is 0.416 e. The van der Waals surface area contributed by atoms with Gasteiger partial charge in [0.15, 0.2) is 0 Å². The summed E-state index contributed by atoms with van der Waals surface area (Å²) in [5.41, 5.74) is 0.814. The lowest BCUT2D eigenvalue weighted by atomic mass is 10.1. The van der Waals surface area contributed by atoms with Crippen molar-refractivity contribution in [2.75, 3.05) is 7.05 Å². The molecule has 1 aromatic heterocycles. The molecule has 0 radical (unpaired) electrons. The van der Waals surface area contributed by atoms with Gasteiger partial charge in [-0.2, -0.15) is 18.3 Å². The number of halogens is 3. The molecule has 1 heterocycles. The zero-order chi connectivity index (χ0) is 18.7. The minimum Gasteiger partial charge on any atom is -0.337 e. The SMILES string of the molecule is CN(Cc1cnn(-c2ccccc2)c1)C(=O)c1cccc(C(F)(F)F)c1. The molecular weight excluding hydrogens is 343 g/mol. The lowest BCUT2D eigenvalue weighted by molar-refractivity contribution is -0.137. The number of aromatic nitrogens is 2.